The largest absolute Gasteiger partial charge is 0.379 e. The van der Waals surface area contributed by atoms with Crippen molar-refractivity contribution in [1.82, 2.24) is 4.90 Å². The third kappa shape index (κ3) is 5.50. The Bertz CT molecular complexity index is 174. The maximum Gasteiger partial charge on any atom is 0.0753 e. The zero-order valence-electron chi connectivity index (χ0n) is 10.6. The highest BCUT2D eigenvalue weighted by Gasteiger charge is 2.23. The molecule has 0 bridgehead atoms. The molecule has 0 spiro atoms. The van der Waals surface area contributed by atoms with E-state index >= 15 is 0 Å². The number of morpholine rings is 1. The summed E-state index contributed by atoms with van der Waals surface area (Å²) < 4.78 is 11.2. The van der Waals surface area contributed by atoms with E-state index in [4.69, 9.17) is 9.47 Å². The summed E-state index contributed by atoms with van der Waals surface area (Å²) in [6.45, 7) is 14.4. The molecule has 0 atom stereocenters. The number of hydrogen-bond donors (Lipinski definition) is 0. The summed E-state index contributed by atoms with van der Waals surface area (Å²) in [6, 6.07) is 0. The van der Waals surface area contributed by atoms with Crippen LogP contribution in [0.4, 0.5) is 0 Å². The molecule has 1 fully saturated rings. The molecular weight excluding hydrogens is 190 g/mol. The third-order valence-corrected chi connectivity index (χ3v) is 2.52. The van der Waals surface area contributed by atoms with Crippen molar-refractivity contribution in [2.75, 3.05) is 39.5 Å². The van der Waals surface area contributed by atoms with Crippen molar-refractivity contribution in [2.45, 2.75) is 33.3 Å². The Hall–Kier alpha value is -0.120. The highest BCUT2D eigenvalue weighted by molar-refractivity contribution is 4.76. The van der Waals surface area contributed by atoms with Gasteiger partial charge in [0.2, 0.25) is 0 Å². The SMILES string of the molecule is CC(C)COC(C)(C)CN1CCOCC1. The van der Waals surface area contributed by atoms with Gasteiger partial charge in [-0.25, -0.2) is 0 Å². The fraction of sp³-hybridized carbons (Fsp3) is 1.00. The summed E-state index contributed by atoms with van der Waals surface area (Å²) >= 11 is 0. The predicted octanol–water partition coefficient (Wildman–Crippen LogP) is 1.77. The predicted molar refractivity (Wildman–Crippen MR) is 62.1 cm³/mol. The average Bonchev–Trinajstić information content (AvgIpc) is 2.16. The van der Waals surface area contributed by atoms with Gasteiger partial charge in [0, 0.05) is 26.2 Å². The molecule has 0 aromatic carbocycles. The number of nitrogens with zero attached hydrogens (tertiary/aromatic N) is 1. The van der Waals surface area contributed by atoms with E-state index < -0.39 is 0 Å². The van der Waals surface area contributed by atoms with Gasteiger partial charge >= 0.3 is 0 Å². The van der Waals surface area contributed by atoms with Crippen LogP contribution in [0.1, 0.15) is 27.7 Å². The monoisotopic (exact) mass is 215 g/mol. The smallest absolute Gasteiger partial charge is 0.0753 e. The van der Waals surface area contributed by atoms with Gasteiger partial charge in [-0.1, -0.05) is 13.8 Å². The van der Waals surface area contributed by atoms with E-state index in [1.165, 1.54) is 0 Å². The molecule has 0 aromatic rings. The topological polar surface area (TPSA) is 21.7 Å². The molecule has 3 nitrogen and oxygen atoms in total. The molecule has 1 saturated heterocycles. The second kappa shape index (κ2) is 5.83. The second-order valence-corrected chi connectivity index (χ2v) is 5.35. The second-order valence-electron chi connectivity index (χ2n) is 5.35. The highest BCUT2D eigenvalue weighted by Crippen LogP contribution is 2.14. The Balaban J connectivity index is 2.26. The highest BCUT2D eigenvalue weighted by atomic mass is 16.5. The molecule has 1 aliphatic heterocycles. The van der Waals surface area contributed by atoms with Crippen LogP contribution in [0.25, 0.3) is 0 Å². The van der Waals surface area contributed by atoms with E-state index in [1.54, 1.807) is 0 Å². The van der Waals surface area contributed by atoms with Crippen LogP contribution in [0.5, 0.6) is 0 Å². The molecule has 90 valence electrons. The van der Waals surface area contributed by atoms with Crippen LogP contribution in [0, 0.1) is 5.92 Å². The van der Waals surface area contributed by atoms with Gasteiger partial charge in [-0.05, 0) is 19.8 Å². The molecule has 1 aliphatic rings. The molecule has 0 aromatic heterocycles. The molecule has 0 radical (unpaired) electrons. The summed E-state index contributed by atoms with van der Waals surface area (Å²) in [5.74, 6) is 0.606. The van der Waals surface area contributed by atoms with Crippen molar-refractivity contribution < 1.29 is 9.47 Å². The van der Waals surface area contributed by atoms with Gasteiger partial charge in [-0.3, -0.25) is 4.90 Å². The maximum absolute atomic E-state index is 5.91. The quantitative estimate of drug-likeness (QED) is 0.697. The molecule has 0 aliphatic carbocycles. The van der Waals surface area contributed by atoms with Gasteiger partial charge in [-0.15, -0.1) is 0 Å². The van der Waals surface area contributed by atoms with Crippen molar-refractivity contribution in [1.29, 1.82) is 0 Å². The minimum atomic E-state index is -0.0401. The summed E-state index contributed by atoms with van der Waals surface area (Å²) in [4.78, 5) is 2.42. The molecule has 0 amide bonds. The molecule has 1 rings (SSSR count). The van der Waals surface area contributed by atoms with Crippen molar-refractivity contribution in [3.63, 3.8) is 0 Å². The number of rotatable bonds is 5. The first-order valence-corrected chi connectivity index (χ1v) is 5.94. The van der Waals surface area contributed by atoms with Crippen molar-refractivity contribution >= 4 is 0 Å². The van der Waals surface area contributed by atoms with E-state index in [0.29, 0.717) is 5.92 Å². The van der Waals surface area contributed by atoms with E-state index in [9.17, 15) is 0 Å². The van der Waals surface area contributed by atoms with Gasteiger partial charge in [0.25, 0.3) is 0 Å². The maximum atomic E-state index is 5.91. The van der Waals surface area contributed by atoms with Gasteiger partial charge < -0.3 is 9.47 Å². The summed E-state index contributed by atoms with van der Waals surface area (Å²) in [7, 11) is 0. The first kappa shape index (κ1) is 12.9. The molecule has 0 N–H and O–H groups in total. The zero-order valence-corrected chi connectivity index (χ0v) is 10.6. The molecular formula is C12H25NO2. The van der Waals surface area contributed by atoms with E-state index in [0.717, 1.165) is 39.5 Å². The van der Waals surface area contributed by atoms with Crippen molar-refractivity contribution in [3.05, 3.63) is 0 Å². The first-order chi connectivity index (χ1) is 6.99. The van der Waals surface area contributed by atoms with Crippen molar-refractivity contribution in [3.8, 4) is 0 Å². The van der Waals surface area contributed by atoms with Crippen LogP contribution in [-0.4, -0.2) is 50.0 Å². The number of ether oxygens (including phenoxy) is 2. The van der Waals surface area contributed by atoms with E-state index in [1.807, 2.05) is 0 Å². The first-order valence-electron chi connectivity index (χ1n) is 5.94. The minimum Gasteiger partial charge on any atom is -0.379 e. The molecule has 1 heterocycles. The Kier molecular flexibility index (Phi) is 5.03. The zero-order chi connectivity index (χ0) is 11.3. The van der Waals surface area contributed by atoms with Crippen LogP contribution in [0.15, 0.2) is 0 Å². The lowest BCUT2D eigenvalue weighted by Gasteiger charge is -2.35. The summed E-state index contributed by atoms with van der Waals surface area (Å²) in [5, 5.41) is 0. The molecule has 3 heteroatoms. The Morgan fingerprint density at radius 3 is 2.40 bits per heavy atom. The standard InChI is InChI=1S/C12H25NO2/c1-11(2)9-15-12(3,4)10-13-5-7-14-8-6-13/h11H,5-10H2,1-4H3. The fourth-order valence-electron chi connectivity index (χ4n) is 1.74. The normalized spacial score (nSPS) is 19.8. The van der Waals surface area contributed by atoms with Crippen LogP contribution >= 0.6 is 0 Å². The third-order valence-electron chi connectivity index (χ3n) is 2.52. The average molecular weight is 215 g/mol. The molecule has 15 heavy (non-hydrogen) atoms. The van der Waals surface area contributed by atoms with E-state index in [-0.39, 0.29) is 5.60 Å². The minimum absolute atomic E-state index is 0.0401. The number of hydrogen-bond acceptors (Lipinski definition) is 3. The lowest BCUT2D eigenvalue weighted by molar-refractivity contribution is -0.0667. The van der Waals surface area contributed by atoms with Crippen molar-refractivity contribution in [2.24, 2.45) is 5.92 Å². The lowest BCUT2D eigenvalue weighted by Crippen LogP contribution is -2.46. The Morgan fingerprint density at radius 2 is 1.87 bits per heavy atom. The molecule has 0 saturated carbocycles. The Labute approximate surface area is 93.7 Å². The van der Waals surface area contributed by atoms with Gasteiger partial charge in [0.15, 0.2) is 0 Å². The molecule has 0 unspecified atom stereocenters. The van der Waals surface area contributed by atoms with E-state index in [2.05, 4.69) is 32.6 Å². The van der Waals surface area contributed by atoms with Gasteiger partial charge in [0.1, 0.15) is 0 Å². The van der Waals surface area contributed by atoms with Crippen LogP contribution in [0.2, 0.25) is 0 Å². The van der Waals surface area contributed by atoms with Crippen LogP contribution in [-0.2, 0) is 9.47 Å². The Morgan fingerprint density at radius 1 is 1.27 bits per heavy atom. The lowest BCUT2D eigenvalue weighted by atomic mass is 10.1. The van der Waals surface area contributed by atoms with Gasteiger partial charge in [-0.2, -0.15) is 0 Å². The van der Waals surface area contributed by atoms with Crippen LogP contribution in [0.3, 0.4) is 0 Å². The van der Waals surface area contributed by atoms with Gasteiger partial charge in [0.05, 0.1) is 18.8 Å². The van der Waals surface area contributed by atoms with Crippen LogP contribution < -0.4 is 0 Å². The summed E-state index contributed by atoms with van der Waals surface area (Å²) in [5.41, 5.74) is -0.0401. The summed E-state index contributed by atoms with van der Waals surface area (Å²) in [6.07, 6.45) is 0. The fourth-order valence-corrected chi connectivity index (χ4v) is 1.74.